The molecule has 1 fully saturated rings. The molecule has 0 spiro atoms. The second-order valence-electron chi connectivity index (χ2n) is 5.87. The van der Waals surface area contributed by atoms with Gasteiger partial charge in [0.05, 0.1) is 22.5 Å². The number of pyridine rings is 1. The van der Waals surface area contributed by atoms with Crippen LogP contribution in [0.1, 0.15) is 38.1 Å². The third kappa shape index (κ3) is 3.16. The van der Waals surface area contributed by atoms with Crippen molar-refractivity contribution >= 4 is 28.4 Å². The Morgan fingerprint density at radius 2 is 2.00 bits per heavy atom. The molecule has 0 bridgehead atoms. The highest BCUT2D eigenvalue weighted by Crippen LogP contribution is 2.34. The molecule has 0 aromatic carbocycles. The van der Waals surface area contributed by atoms with Gasteiger partial charge in [0, 0.05) is 17.6 Å². The second-order valence-corrected chi connectivity index (χ2v) is 7.65. The summed E-state index contributed by atoms with van der Waals surface area (Å²) in [6, 6.07) is 8.86. The fraction of sp³-hybridized carbons (Fsp3) is 0.333. The summed E-state index contributed by atoms with van der Waals surface area (Å²) < 4.78 is 2.47. The average Bonchev–Trinajstić information content (AvgIpc) is 3.26. The van der Waals surface area contributed by atoms with E-state index in [0.29, 0.717) is 6.04 Å². The molecule has 0 N–H and O–H groups in total. The first-order chi connectivity index (χ1) is 11.4. The van der Waals surface area contributed by atoms with Gasteiger partial charge in [0.25, 0.3) is 0 Å². The lowest BCUT2D eigenvalue weighted by molar-refractivity contribution is 0.351. The molecule has 0 amide bonds. The van der Waals surface area contributed by atoms with Crippen molar-refractivity contribution in [1.82, 2.24) is 9.55 Å². The van der Waals surface area contributed by atoms with Gasteiger partial charge in [-0.1, -0.05) is 25.3 Å². The van der Waals surface area contributed by atoms with E-state index in [4.69, 9.17) is 4.99 Å². The largest absolute Gasteiger partial charge is 0.313 e. The predicted octanol–water partition coefficient (Wildman–Crippen LogP) is 5.41. The zero-order valence-electron chi connectivity index (χ0n) is 12.9. The van der Waals surface area contributed by atoms with Gasteiger partial charge in [0.2, 0.25) is 0 Å². The molecule has 1 aliphatic carbocycles. The van der Waals surface area contributed by atoms with Crippen molar-refractivity contribution in [2.45, 2.75) is 38.1 Å². The first-order valence-electron chi connectivity index (χ1n) is 8.10. The van der Waals surface area contributed by atoms with Crippen LogP contribution in [0.15, 0.2) is 52.4 Å². The minimum atomic E-state index is 0.572. The van der Waals surface area contributed by atoms with Crippen molar-refractivity contribution in [3.63, 3.8) is 0 Å². The molecule has 4 rings (SSSR count). The Bertz CT molecular complexity index is 810. The minimum absolute atomic E-state index is 0.572. The van der Waals surface area contributed by atoms with Crippen LogP contribution in [0.5, 0.6) is 0 Å². The summed E-state index contributed by atoms with van der Waals surface area (Å²) in [5, 5.41) is 4.41. The van der Waals surface area contributed by atoms with Gasteiger partial charge in [0.15, 0.2) is 4.80 Å². The van der Waals surface area contributed by atoms with Crippen LogP contribution >= 0.6 is 22.7 Å². The van der Waals surface area contributed by atoms with Gasteiger partial charge in [-0.3, -0.25) is 4.98 Å². The van der Waals surface area contributed by atoms with Crippen LogP contribution in [0.3, 0.4) is 0 Å². The maximum Gasteiger partial charge on any atom is 0.190 e. The number of thiazole rings is 1. The first-order valence-corrected chi connectivity index (χ1v) is 9.86. The van der Waals surface area contributed by atoms with E-state index in [1.165, 1.54) is 42.7 Å². The van der Waals surface area contributed by atoms with Crippen LogP contribution in [0, 0.1) is 0 Å². The summed E-state index contributed by atoms with van der Waals surface area (Å²) in [5.41, 5.74) is 2.25. The maximum atomic E-state index is 4.87. The number of aromatic nitrogens is 2. The molecule has 3 heterocycles. The Hall–Kier alpha value is -1.72. The molecular formula is C18H19N3S2. The molecule has 1 saturated carbocycles. The Balaban J connectivity index is 1.84. The van der Waals surface area contributed by atoms with Crippen LogP contribution in [0.2, 0.25) is 0 Å². The Morgan fingerprint density at radius 3 is 2.74 bits per heavy atom. The summed E-state index contributed by atoms with van der Waals surface area (Å²) in [5.74, 6) is 0. The molecule has 0 unspecified atom stereocenters. The second kappa shape index (κ2) is 6.81. The van der Waals surface area contributed by atoms with Gasteiger partial charge in [0.1, 0.15) is 0 Å². The highest BCUT2D eigenvalue weighted by atomic mass is 32.1. The zero-order valence-corrected chi connectivity index (χ0v) is 14.5. The molecule has 0 aliphatic heterocycles. The number of rotatable bonds is 3. The molecule has 118 valence electrons. The van der Waals surface area contributed by atoms with Gasteiger partial charge < -0.3 is 4.57 Å². The molecule has 0 radical (unpaired) electrons. The summed E-state index contributed by atoms with van der Waals surface area (Å²) in [7, 11) is 0. The summed E-state index contributed by atoms with van der Waals surface area (Å²) in [6.07, 6.45) is 10.2. The van der Waals surface area contributed by atoms with Crippen molar-refractivity contribution in [2.75, 3.05) is 0 Å². The number of thiophene rings is 1. The van der Waals surface area contributed by atoms with Crippen LogP contribution in [0.4, 0.5) is 5.69 Å². The van der Waals surface area contributed by atoms with E-state index in [1.807, 2.05) is 18.3 Å². The van der Waals surface area contributed by atoms with Gasteiger partial charge in [-0.15, -0.1) is 22.7 Å². The summed E-state index contributed by atoms with van der Waals surface area (Å²) >= 11 is 3.54. The van der Waals surface area contributed by atoms with E-state index in [0.717, 1.165) is 10.5 Å². The summed E-state index contributed by atoms with van der Waals surface area (Å²) in [4.78, 5) is 11.5. The molecule has 3 aromatic heterocycles. The lowest BCUT2D eigenvalue weighted by atomic mass is 9.95. The van der Waals surface area contributed by atoms with Crippen molar-refractivity contribution in [3.8, 4) is 10.6 Å². The van der Waals surface area contributed by atoms with Crippen LogP contribution in [-0.2, 0) is 0 Å². The van der Waals surface area contributed by atoms with E-state index < -0.39 is 0 Å². The fourth-order valence-electron chi connectivity index (χ4n) is 3.23. The van der Waals surface area contributed by atoms with Crippen molar-refractivity contribution in [2.24, 2.45) is 4.99 Å². The lowest BCUT2D eigenvalue weighted by Gasteiger charge is -2.25. The normalized spacial score (nSPS) is 16.8. The first kappa shape index (κ1) is 14.8. The third-order valence-corrected chi connectivity index (χ3v) is 6.06. The van der Waals surface area contributed by atoms with E-state index in [1.54, 1.807) is 28.9 Å². The van der Waals surface area contributed by atoms with E-state index >= 15 is 0 Å². The SMILES string of the molecule is c1cncc(N=c2scc(-c3cccs3)n2C2CCCCC2)c1. The predicted molar refractivity (Wildman–Crippen MR) is 97.2 cm³/mol. The van der Waals surface area contributed by atoms with Crippen LogP contribution in [0.25, 0.3) is 10.6 Å². The van der Waals surface area contributed by atoms with Crippen LogP contribution in [-0.4, -0.2) is 9.55 Å². The smallest absolute Gasteiger partial charge is 0.190 e. The molecule has 5 heteroatoms. The zero-order chi connectivity index (χ0) is 15.5. The van der Waals surface area contributed by atoms with Gasteiger partial charge in [-0.2, -0.15) is 0 Å². The molecule has 3 aromatic rings. The number of hydrogen-bond donors (Lipinski definition) is 0. The Labute approximate surface area is 144 Å². The Kier molecular flexibility index (Phi) is 4.39. The molecule has 1 aliphatic rings. The average molecular weight is 342 g/mol. The lowest BCUT2D eigenvalue weighted by Crippen LogP contribution is -2.23. The number of nitrogens with zero attached hydrogens (tertiary/aromatic N) is 3. The van der Waals surface area contributed by atoms with Crippen molar-refractivity contribution in [3.05, 3.63) is 52.2 Å². The van der Waals surface area contributed by atoms with E-state index in [9.17, 15) is 0 Å². The minimum Gasteiger partial charge on any atom is -0.313 e. The molecule has 0 atom stereocenters. The van der Waals surface area contributed by atoms with Gasteiger partial charge >= 0.3 is 0 Å². The Morgan fingerprint density at radius 1 is 1.09 bits per heavy atom. The maximum absolute atomic E-state index is 4.87. The van der Waals surface area contributed by atoms with Gasteiger partial charge in [-0.25, -0.2) is 4.99 Å². The standard InChI is InChI=1S/C18H19N3S2/c1-2-7-15(8-3-1)21-16(17-9-5-11-22-17)13-23-18(21)20-14-6-4-10-19-12-14/h4-6,9-13,15H,1-3,7-8H2. The molecule has 0 saturated heterocycles. The quantitative estimate of drug-likeness (QED) is 0.626. The highest BCUT2D eigenvalue weighted by molar-refractivity contribution is 7.14. The molecule has 3 nitrogen and oxygen atoms in total. The third-order valence-electron chi connectivity index (χ3n) is 4.33. The monoisotopic (exact) mass is 341 g/mol. The van der Waals surface area contributed by atoms with Crippen molar-refractivity contribution in [1.29, 1.82) is 0 Å². The van der Waals surface area contributed by atoms with Crippen LogP contribution < -0.4 is 4.80 Å². The fourth-order valence-corrected chi connectivity index (χ4v) is 5.02. The topological polar surface area (TPSA) is 30.2 Å². The molecular weight excluding hydrogens is 322 g/mol. The summed E-state index contributed by atoms with van der Waals surface area (Å²) in [6.45, 7) is 0. The van der Waals surface area contributed by atoms with Gasteiger partial charge in [-0.05, 0) is 36.4 Å². The van der Waals surface area contributed by atoms with E-state index in [2.05, 4.69) is 32.4 Å². The number of hydrogen-bond acceptors (Lipinski definition) is 4. The molecule has 23 heavy (non-hydrogen) atoms. The van der Waals surface area contributed by atoms with Crippen molar-refractivity contribution < 1.29 is 0 Å². The highest BCUT2D eigenvalue weighted by Gasteiger charge is 2.20. The van der Waals surface area contributed by atoms with E-state index in [-0.39, 0.29) is 0 Å².